The van der Waals surface area contributed by atoms with E-state index >= 15 is 0 Å². The van der Waals surface area contributed by atoms with Gasteiger partial charge in [-0.1, -0.05) is 30.2 Å². The van der Waals surface area contributed by atoms with E-state index in [1.165, 1.54) is 0 Å². The number of hydrogen-bond donors (Lipinski definition) is 1. The molecule has 7 heteroatoms. The average molecular weight is 428 g/mol. The molecule has 0 radical (unpaired) electrons. The van der Waals surface area contributed by atoms with Crippen molar-refractivity contribution in [3.8, 4) is 22.9 Å². The molecule has 2 N–H and O–H groups in total. The molecule has 1 saturated carbocycles. The normalized spacial score (nSPS) is 18.9. The van der Waals surface area contributed by atoms with Crippen LogP contribution in [0.15, 0.2) is 30.5 Å². The quantitative estimate of drug-likeness (QED) is 0.573. The van der Waals surface area contributed by atoms with Crippen LogP contribution in [0.1, 0.15) is 65.2 Å². The van der Waals surface area contributed by atoms with E-state index in [2.05, 4.69) is 16.2 Å². The molecule has 32 heavy (non-hydrogen) atoms. The Morgan fingerprint density at radius 3 is 2.78 bits per heavy atom. The monoisotopic (exact) mass is 427 g/mol. The molecule has 2 aromatic heterocycles. The first kappa shape index (κ1) is 20.3. The van der Waals surface area contributed by atoms with E-state index < -0.39 is 11.5 Å². The van der Waals surface area contributed by atoms with Crippen LogP contribution in [0.4, 0.5) is 5.82 Å². The van der Waals surface area contributed by atoms with Gasteiger partial charge in [-0.15, -0.1) is 0 Å². The van der Waals surface area contributed by atoms with E-state index in [0.29, 0.717) is 34.6 Å². The summed E-state index contributed by atoms with van der Waals surface area (Å²) >= 11 is 0. The van der Waals surface area contributed by atoms with Gasteiger partial charge >= 0.3 is 0 Å². The van der Waals surface area contributed by atoms with Crippen molar-refractivity contribution in [3.63, 3.8) is 0 Å². The van der Waals surface area contributed by atoms with Crippen molar-refractivity contribution in [1.82, 2.24) is 14.8 Å². The molecule has 2 aliphatic rings. The maximum Gasteiger partial charge on any atom is 0.169 e. The second-order valence-electron chi connectivity index (χ2n) is 9.00. The highest BCUT2D eigenvalue weighted by Gasteiger charge is 2.46. The molecule has 5 rings (SSSR count). The first-order chi connectivity index (χ1) is 15.3. The van der Waals surface area contributed by atoms with Gasteiger partial charge < -0.3 is 10.5 Å². The highest BCUT2D eigenvalue weighted by atomic mass is 16.5. The summed E-state index contributed by atoms with van der Waals surface area (Å²) in [5, 5.41) is 14.5. The summed E-state index contributed by atoms with van der Waals surface area (Å²) in [5.41, 5.74) is 10.8. The predicted octanol–water partition coefficient (Wildman–Crippen LogP) is 4.29. The van der Waals surface area contributed by atoms with Gasteiger partial charge in [0.25, 0.3) is 0 Å². The minimum atomic E-state index is -0.525. The summed E-state index contributed by atoms with van der Waals surface area (Å²) in [5.74, 6) is 0.810. The number of aromatic nitrogens is 3. The lowest BCUT2D eigenvalue weighted by molar-refractivity contribution is 0.0602. The molecule has 7 nitrogen and oxygen atoms in total. The summed E-state index contributed by atoms with van der Waals surface area (Å²) in [6, 6.07) is 9.99. The van der Waals surface area contributed by atoms with Gasteiger partial charge in [0.05, 0.1) is 5.69 Å². The zero-order valence-corrected chi connectivity index (χ0v) is 18.5. The molecular weight excluding hydrogens is 402 g/mol. The molecule has 1 fully saturated rings. The molecule has 3 heterocycles. The Morgan fingerprint density at radius 2 is 2.09 bits per heavy atom. The van der Waals surface area contributed by atoms with Crippen LogP contribution in [-0.4, -0.2) is 20.5 Å². The molecule has 3 aromatic rings. The molecule has 2 bridgehead atoms. The highest BCUT2D eigenvalue weighted by molar-refractivity contribution is 6.02. The fourth-order valence-corrected chi connectivity index (χ4v) is 4.99. The number of nitriles is 1. The SMILES string of the molecule is Cc1ccc2c(c1)[C@@H](C)Oc1cc(cnc1N)-c1c(nn(C)c1C#N)CC1(CCC1)C2=O. The summed E-state index contributed by atoms with van der Waals surface area (Å²) in [7, 11) is 1.75. The maximum absolute atomic E-state index is 14.0. The van der Waals surface area contributed by atoms with Gasteiger partial charge in [0.1, 0.15) is 17.9 Å². The molecular formula is C25H25N5O2. The number of hydrogen-bond acceptors (Lipinski definition) is 6. The number of nitrogen functional groups attached to an aromatic ring is 1. The van der Waals surface area contributed by atoms with Crippen LogP contribution in [0, 0.1) is 23.7 Å². The van der Waals surface area contributed by atoms with Gasteiger partial charge in [0, 0.05) is 47.3 Å². The number of fused-ring (bicyclic) bond motifs is 5. The molecule has 1 atom stereocenters. The van der Waals surface area contributed by atoms with E-state index in [1.807, 2.05) is 38.1 Å². The Kier molecular flexibility index (Phi) is 4.55. The topological polar surface area (TPSA) is 107 Å². The van der Waals surface area contributed by atoms with E-state index in [4.69, 9.17) is 10.5 Å². The Labute approximate surface area is 186 Å². The first-order valence-electron chi connectivity index (χ1n) is 10.9. The molecule has 1 aromatic carbocycles. The lowest BCUT2D eigenvalue weighted by Crippen LogP contribution is -2.41. The van der Waals surface area contributed by atoms with Crippen molar-refractivity contribution in [1.29, 1.82) is 5.26 Å². The summed E-state index contributed by atoms with van der Waals surface area (Å²) in [4.78, 5) is 18.3. The van der Waals surface area contributed by atoms with Crippen molar-refractivity contribution >= 4 is 11.6 Å². The fraction of sp³-hybridized carbons (Fsp3) is 0.360. The van der Waals surface area contributed by atoms with Gasteiger partial charge in [-0.25, -0.2) is 4.98 Å². The van der Waals surface area contributed by atoms with Crippen molar-refractivity contribution in [2.24, 2.45) is 12.5 Å². The number of ketones is 1. The number of nitrogens with two attached hydrogens (primary N) is 1. The Bertz CT molecular complexity index is 1300. The van der Waals surface area contributed by atoms with Crippen LogP contribution in [0.2, 0.25) is 0 Å². The molecule has 162 valence electrons. The number of rotatable bonds is 0. The summed E-state index contributed by atoms with van der Waals surface area (Å²) in [6.07, 6.45) is 4.34. The fourth-order valence-electron chi connectivity index (χ4n) is 4.99. The number of ether oxygens (including phenoxy) is 1. The standard InChI is InChI=1S/C25H25N5O2/c1-14-5-6-17-18(9-14)15(2)32-21-10-16(13-28-24(21)27)22-19(29-30(3)20(22)12-26)11-25(23(17)31)7-4-8-25/h5-6,9-10,13,15H,4,7-8,11H2,1-3H3,(H2,27,28)/t15-/m1/s1. The van der Waals surface area contributed by atoms with Crippen LogP contribution in [0.3, 0.4) is 0 Å². The minimum absolute atomic E-state index is 0.125. The predicted molar refractivity (Wildman–Crippen MR) is 120 cm³/mol. The molecule has 1 aliphatic carbocycles. The van der Waals surface area contributed by atoms with Crippen LogP contribution in [0.5, 0.6) is 5.75 Å². The zero-order valence-electron chi connectivity index (χ0n) is 18.5. The third kappa shape index (κ3) is 2.98. The highest BCUT2D eigenvalue weighted by Crippen LogP contribution is 2.49. The van der Waals surface area contributed by atoms with Crippen molar-refractivity contribution in [2.45, 2.75) is 45.6 Å². The summed E-state index contributed by atoms with van der Waals surface area (Å²) in [6.45, 7) is 3.93. The molecule has 0 saturated heterocycles. The number of pyridine rings is 1. The number of benzene rings is 1. The van der Waals surface area contributed by atoms with Crippen LogP contribution < -0.4 is 10.5 Å². The van der Waals surface area contributed by atoms with Gasteiger partial charge in [0.2, 0.25) is 0 Å². The molecule has 0 unspecified atom stereocenters. The number of anilines is 1. The maximum atomic E-state index is 14.0. The third-order valence-electron chi connectivity index (χ3n) is 6.89. The van der Waals surface area contributed by atoms with Gasteiger partial charge in [0.15, 0.2) is 17.4 Å². The van der Waals surface area contributed by atoms with Crippen molar-refractivity contribution in [3.05, 3.63) is 58.5 Å². The van der Waals surface area contributed by atoms with Crippen LogP contribution >= 0.6 is 0 Å². The number of nitrogens with zero attached hydrogens (tertiary/aromatic N) is 4. The number of aryl methyl sites for hydroxylation is 2. The van der Waals surface area contributed by atoms with Crippen LogP contribution in [0.25, 0.3) is 11.1 Å². The molecule has 1 aliphatic heterocycles. The lowest BCUT2D eigenvalue weighted by Gasteiger charge is -2.41. The number of Topliss-reactive ketones (excluding diaryl/α,β-unsaturated/α-hetero) is 1. The van der Waals surface area contributed by atoms with Crippen LogP contribution in [-0.2, 0) is 13.5 Å². The van der Waals surface area contributed by atoms with Gasteiger partial charge in [-0.3, -0.25) is 9.48 Å². The van der Waals surface area contributed by atoms with E-state index in [9.17, 15) is 10.1 Å². The van der Waals surface area contributed by atoms with E-state index in [1.54, 1.807) is 17.9 Å². The average Bonchev–Trinajstić information content (AvgIpc) is 3.05. The minimum Gasteiger partial charge on any atom is -0.482 e. The zero-order chi connectivity index (χ0) is 22.6. The third-order valence-corrected chi connectivity index (χ3v) is 6.89. The Balaban J connectivity index is 1.79. The van der Waals surface area contributed by atoms with E-state index in [-0.39, 0.29) is 11.6 Å². The lowest BCUT2D eigenvalue weighted by atomic mass is 9.61. The second kappa shape index (κ2) is 7.20. The Hall–Kier alpha value is -3.66. The second-order valence-corrected chi connectivity index (χ2v) is 9.00. The largest absolute Gasteiger partial charge is 0.482 e. The number of carbonyl (C=O) groups excluding carboxylic acids is 1. The van der Waals surface area contributed by atoms with E-state index in [0.717, 1.165) is 36.1 Å². The van der Waals surface area contributed by atoms with Gasteiger partial charge in [-0.2, -0.15) is 10.4 Å². The van der Waals surface area contributed by atoms with Gasteiger partial charge in [-0.05, 0) is 32.8 Å². The van der Waals surface area contributed by atoms with Crippen molar-refractivity contribution in [2.75, 3.05) is 5.73 Å². The van der Waals surface area contributed by atoms with Crippen molar-refractivity contribution < 1.29 is 9.53 Å². The molecule has 1 spiro atoms. The number of carbonyl (C=O) groups is 1. The Morgan fingerprint density at radius 1 is 1.31 bits per heavy atom. The molecule has 0 amide bonds. The summed E-state index contributed by atoms with van der Waals surface area (Å²) < 4.78 is 7.83. The smallest absolute Gasteiger partial charge is 0.169 e. The first-order valence-corrected chi connectivity index (χ1v) is 10.9.